The van der Waals surface area contributed by atoms with E-state index in [2.05, 4.69) is 167 Å². The number of ether oxygens (including phenoxy) is 3. The third-order valence-corrected chi connectivity index (χ3v) is 13.0. The van der Waals surface area contributed by atoms with Crippen LogP contribution in [0.4, 0.5) is 0 Å². The van der Waals surface area contributed by atoms with Gasteiger partial charge in [0.05, 0.1) is 0 Å². The second-order valence-electron chi connectivity index (χ2n) is 20.6. The van der Waals surface area contributed by atoms with Gasteiger partial charge in [0, 0.05) is 19.3 Å². The first-order chi connectivity index (χ1) is 38.5. The minimum Gasteiger partial charge on any atom is -0.462 e. The molecule has 0 aliphatic rings. The van der Waals surface area contributed by atoms with Crippen molar-refractivity contribution in [1.29, 1.82) is 0 Å². The lowest BCUT2D eigenvalue weighted by molar-refractivity contribution is -0.167. The Kier molecular flexibility index (Phi) is 60.9. The van der Waals surface area contributed by atoms with Gasteiger partial charge in [-0.3, -0.25) is 14.4 Å². The predicted octanol–water partition coefficient (Wildman–Crippen LogP) is 21.9. The van der Waals surface area contributed by atoms with E-state index in [1.165, 1.54) is 64.2 Å². The number of rotatable bonds is 56. The van der Waals surface area contributed by atoms with Gasteiger partial charge in [0.2, 0.25) is 0 Å². The van der Waals surface area contributed by atoms with Crippen molar-refractivity contribution >= 4 is 17.9 Å². The lowest BCUT2D eigenvalue weighted by Crippen LogP contribution is -2.30. The van der Waals surface area contributed by atoms with Crippen molar-refractivity contribution in [3.63, 3.8) is 0 Å². The van der Waals surface area contributed by atoms with Crippen molar-refractivity contribution in [3.05, 3.63) is 146 Å². The summed E-state index contributed by atoms with van der Waals surface area (Å²) < 4.78 is 16.8. The molecule has 0 saturated carbocycles. The average molecular weight is 1080 g/mol. The lowest BCUT2D eigenvalue weighted by atomic mass is 10.1. The number of allylic oxidation sites excluding steroid dienone is 24. The Labute approximate surface area is 480 Å². The first-order valence-electron chi connectivity index (χ1n) is 31.8. The summed E-state index contributed by atoms with van der Waals surface area (Å²) >= 11 is 0. The van der Waals surface area contributed by atoms with Crippen LogP contribution < -0.4 is 0 Å². The van der Waals surface area contributed by atoms with Crippen LogP contribution in [0, 0.1) is 0 Å². The van der Waals surface area contributed by atoms with Crippen LogP contribution in [0.25, 0.3) is 0 Å². The van der Waals surface area contributed by atoms with E-state index >= 15 is 0 Å². The minimum absolute atomic E-state index is 0.101. The number of hydrogen-bond donors (Lipinski definition) is 0. The van der Waals surface area contributed by atoms with Crippen LogP contribution in [0.3, 0.4) is 0 Å². The van der Waals surface area contributed by atoms with Crippen molar-refractivity contribution in [2.24, 2.45) is 0 Å². The van der Waals surface area contributed by atoms with Gasteiger partial charge in [0.25, 0.3) is 0 Å². The van der Waals surface area contributed by atoms with Gasteiger partial charge in [-0.15, -0.1) is 0 Å². The van der Waals surface area contributed by atoms with E-state index in [9.17, 15) is 14.4 Å². The highest BCUT2D eigenvalue weighted by Crippen LogP contribution is 2.14. The standard InChI is InChI=1S/C72H116O6/c1-4-7-10-13-16-19-22-24-26-28-30-32-33-34-35-36-37-38-39-41-42-44-46-48-50-53-56-59-62-65-71(74)77-68-69(67-76-70(73)64-61-58-55-52-21-18-15-12-9-6-3)78-72(75)66-63-60-57-54-51-49-47-45-43-40-31-29-27-25-23-20-17-14-11-8-5-2/h7,10,12,15-16,19,23-26,29-32,34-35,37-38,41-43,45-46,48,69H,4-6,8-9,11,13-14,17-18,20-22,27-28,33,36,39-40,44,47,49-68H2,1-3H3/b10-7-,15-12-,19-16-,25-23-,26-24-,31-29-,32-30-,35-34-,38-37-,42-41-,45-43-,48-46-. The molecule has 0 heterocycles. The van der Waals surface area contributed by atoms with E-state index in [4.69, 9.17) is 14.2 Å². The maximum absolute atomic E-state index is 12.9. The average Bonchev–Trinajstić information content (AvgIpc) is 3.44. The highest BCUT2D eigenvalue weighted by atomic mass is 16.6. The van der Waals surface area contributed by atoms with Gasteiger partial charge in [-0.25, -0.2) is 0 Å². The molecule has 1 unspecified atom stereocenters. The summed E-state index contributed by atoms with van der Waals surface area (Å²) in [7, 11) is 0. The second kappa shape index (κ2) is 64.8. The zero-order valence-corrected chi connectivity index (χ0v) is 50.4. The van der Waals surface area contributed by atoms with Crippen molar-refractivity contribution in [2.75, 3.05) is 13.2 Å². The van der Waals surface area contributed by atoms with Crippen LogP contribution in [-0.4, -0.2) is 37.2 Å². The van der Waals surface area contributed by atoms with Crippen LogP contribution in [0.1, 0.15) is 271 Å². The summed E-state index contributed by atoms with van der Waals surface area (Å²) in [5.41, 5.74) is 0. The molecule has 0 spiro atoms. The highest BCUT2D eigenvalue weighted by Gasteiger charge is 2.19. The maximum atomic E-state index is 12.9. The molecule has 0 saturated heterocycles. The summed E-state index contributed by atoms with van der Waals surface area (Å²) in [6, 6.07) is 0. The molecule has 0 rings (SSSR count). The van der Waals surface area contributed by atoms with Gasteiger partial charge >= 0.3 is 17.9 Å². The Morgan fingerprint density at radius 1 is 0.269 bits per heavy atom. The van der Waals surface area contributed by atoms with Crippen LogP contribution in [0.5, 0.6) is 0 Å². The Morgan fingerprint density at radius 2 is 0.526 bits per heavy atom. The topological polar surface area (TPSA) is 78.9 Å². The van der Waals surface area contributed by atoms with Gasteiger partial charge in [-0.1, -0.05) is 256 Å². The van der Waals surface area contributed by atoms with Gasteiger partial charge in [-0.2, -0.15) is 0 Å². The molecule has 6 nitrogen and oxygen atoms in total. The SMILES string of the molecule is CC/C=C\C/C=C\C/C=C\C/C=C\C/C=C\C/C=C\C/C=C\C/C=C\CCCCCCC(=O)OCC(COC(=O)CCCCCCC/C=C\CCC)OC(=O)CCCCCCCC/C=C\C/C=C\C/C=C\CCCCCCC. The zero-order valence-electron chi connectivity index (χ0n) is 50.4. The van der Waals surface area contributed by atoms with E-state index in [0.29, 0.717) is 19.3 Å². The van der Waals surface area contributed by atoms with Gasteiger partial charge in [0.1, 0.15) is 13.2 Å². The molecule has 78 heavy (non-hydrogen) atoms. The molecule has 0 aromatic rings. The Morgan fingerprint density at radius 3 is 0.846 bits per heavy atom. The van der Waals surface area contributed by atoms with Crippen LogP contribution >= 0.6 is 0 Å². The van der Waals surface area contributed by atoms with Gasteiger partial charge in [-0.05, 0) is 141 Å². The quantitative estimate of drug-likeness (QED) is 0.0261. The maximum Gasteiger partial charge on any atom is 0.306 e. The molecule has 0 fully saturated rings. The number of carbonyl (C=O) groups excluding carboxylic acids is 3. The minimum atomic E-state index is -0.806. The first kappa shape index (κ1) is 73.3. The molecule has 1 atom stereocenters. The largest absolute Gasteiger partial charge is 0.462 e. The van der Waals surface area contributed by atoms with E-state index in [-0.39, 0.29) is 31.1 Å². The fraction of sp³-hybridized carbons (Fsp3) is 0.625. The smallest absolute Gasteiger partial charge is 0.306 e. The third kappa shape index (κ3) is 62.1. The summed E-state index contributed by atoms with van der Waals surface area (Å²) in [4.78, 5) is 38.2. The Bertz CT molecular complexity index is 1710. The number of hydrogen-bond acceptors (Lipinski definition) is 6. The van der Waals surface area contributed by atoms with Crippen molar-refractivity contribution in [3.8, 4) is 0 Å². The molecule has 0 aliphatic carbocycles. The normalized spacial score (nSPS) is 13.1. The van der Waals surface area contributed by atoms with Gasteiger partial charge in [0.15, 0.2) is 6.10 Å². The third-order valence-electron chi connectivity index (χ3n) is 13.0. The molecule has 6 heteroatoms. The van der Waals surface area contributed by atoms with Crippen molar-refractivity contribution in [2.45, 2.75) is 277 Å². The van der Waals surface area contributed by atoms with E-state index in [1.54, 1.807) is 0 Å². The fourth-order valence-corrected chi connectivity index (χ4v) is 8.29. The predicted molar refractivity (Wildman–Crippen MR) is 339 cm³/mol. The summed E-state index contributed by atoms with van der Waals surface area (Å²) in [6.45, 7) is 6.41. The van der Waals surface area contributed by atoms with Crippen LogP contribution in [0.2, 0.25) is 0 Å². The molecule has 0 aliphatic heterocycles. The summed E-state index contributed by atoms with van der Waals surface area (Å²) in [5.74, 6) is -0.953. The van der Waals surface area contributed by atoms with Crippen LogP contribution in [0.15, 0.2) is 146 Å². The molecule has 0 amide bonds. The zero-order chi connectivity index (χ0) is 56.4. The molecule has 440 valence electrons. The van der Waals surface area contributed by atoms with Crippen LogP contribution in [-0.2, 0) is 28.6 Å². The lowest BCUT2D eigenvalue weighted by Gasteiger charge is -2.18. The number of carbonyl (C=O) groups is 3. The molecular weight excluding hydrogens is 961 g/mol. The molecular formula is C72H116O6. The monoisotopic (exact) mass is 1080 g/mol. The fourth-order valence-electron chi connectivity index (χ4n) is 8.29. The van der Waals surface area contributed by atoms with Crippen molar-refractivity contribution < 1.29 is 28.6 Å². The van der Waals surface area contributed by atoms with Gasteiger partial charge < -0.3 is 14.2 Å². The molecule has 0 aromatic heterocycles. The number of esters is 3. The Hall–Kier alpha value is -4.71. The first-order valence-corrected chi connectivity index (χ1v) is 31.8. The van der Waals surface area contributed by atoms with E-state index < -0.39 is 6.10 Å². The second-order valence-corrected chi connectivity index (χ2v) is 20.6. The highest BCUT2D eigenvalue weighted by molar-refractivity contribution is 5.71. The van der Waals surface area contributed by atoms with E-state index in [0.717, 1.165) is 167 Å². The number of unbranched alkanes of at least 4 members (excludes halogenated alkanes) is 21. The molecule has 0 radical (unpaired) electrons. The van der Waals surface area contributed by atoms with Crippen molar-refractivity contribution in [1.82, 2.24) is 0 Å². The molecule has 0 bridgehead atoms. The summed E-state index contributed by atoms with van der Waals surface area (Å²) in [5, 5.41) is 0. The Balaban J connectivity index is 4.37. The molecule has 0 aromatic carbocycles. The molecule has 0 N–H and O–H groups in total. The van der Waals surface area contributed by atoms with E-state index in [1.807, 2.05) is 0 Å². The summed E-state index contributed by atoms with van der Waals surface area (Å²) in [6.07, 6.45) is 92.8.